The highest BCUT2D eigenvalue weighted by Gasteiger charge is 2.42. The van der Waals surface area contributed by atoms with Gasteiger partial charge in [0, 0.05) is 11.6 Å². The predicted octanol–water partition coefficient (Wildman–Crippen LogP) is 3.69. The number of amides is 1. The molecule has 3 heteroatoms. The summed E-state index contributed by atoms with van der Waals surface area (Å²) in [6, 6.07) is 4.55. The molecule has 1 aromatic rings. The molecule has 108 valence electrons. The number of hydrogen-bond donors (Lipinski definition) is 1. The van der Waals surface area contributed by atoms with E-state index in [0.717, 1.165) is 11.8 Å². The number of fused-ring (bicyclic) bond motifs is 2. The molecular weight excluding hydrogens is 253 g/mol. The molecule has 0 saturated heterocycles. The molecule has 1 aromatic carbocycles. The van der Waals surface area contributed by atoms with Crippen molar-refractivity contribution in [3.05, 3.63) is 35.1 Å². The van der Waals surface area contributed by atoms with Gasteiger partial charge in [-0.15, -0.1) is 0 Å². The van der Waals surface area contributed by atoms with Crippen LogP contribution in [0.3, 0.4) is 0 Å². The van der Waals surface area contributed by atoms with E-state index in [1.54, 1.807) is 13.0 Å². The summed E-state index contributed by atoms with van der Waals surface area (Å²) < 4.78 is 13.1. The summed E-state index contributed by atoms with van der Waals surface area (Å²) in [6.45, 7) is 3.89. The Kier molecular flexibility index (Phi) is 3.53. The lowest BCUT2D eigenvalue weighted by Gasteiger charge is -2.28. The van der Waals surface area contributed by atoms with E-state index in [1.165, 1.54) is 37.8 Å². The molecule has 2 aliphatic rings. The van der Waals surface area contributed by atoms with Gasteiger partial charge in [0.25, 0.3) is 5.91 Å². The van der Waals surface area contributed by atoms with Crippen molar-refractivity contribution in [1.29, 1.82) is 0 Å². The zero-order chi connectivity index (χ0) is 14.3. The first-order valence-electron chi connectivity index (χ1n) is 7.61. The maximum absolute atomic E-state index is 13.1. The average Bonchev–Trinajstić information content (AvgIpc) is 3.00. The molecule has 2 nitrogen and oxygen atoms in total. The summed E-state index contributed by atoms with van der Waals surface area (Å²) in [5, 5.41) is 3.12. The van der Waals surface area contributed by atoms with Crippen LogP contribution in [0.25, 0.3) is 0 Å². The van der Waals surface area contributed by atoms with Gasteiger partial charge in [0.15, 0.2) is 0 Å². The van der Waals surface area contributed by atoms with E-state index >= 15 is 0 Å². The van der Waals surface area contributed by atoms with Crippen LogP contribution in [0.5, 0.6) is 0 Å². The van der Waals surface area contributed by atoms with Gasteiger partial charge in [0.05, 0.1) is 0 Å². The van der Waals surface area contributed by atoms with E-state index in [0.29, 0.717) is 17.0 Å². The number of benzene rings is 1. The molecule has 1 N–H and O–H groups in total. The molecule has 4 unspecified atom stereocenters. The number of halogens is 1. The van der Waals surface area contributed by atoms with Crippen LogP contribution in [0.1, 0.15) is 48.5 Å². The van der Waals surface area contributed by atoms with Crippen molar-refractivity contribution in [3.8, 4) is 0 Å². The van der Waals surface area contributed by atoms with E-state index in [1.807, 2.05) is 0 Å². The van der Waals surface area contributed by atoms with Gasteiger partial charge < -0.3 is 5.32 Å². The van der Waals surface area contributed by atoms with Gasteiger partial charge in [-0.25, -0.2) is 4.39 Å². The molecule has 1 amide bonds. The second-order valence-corrected chi connectivity index (χ2v) is 6.56. The molecule has 0 spiro atoms. The van der Waals surface area contributed by atoms with Gasteiger partial charge in [0.1, 0.15) is 5.82 Å². The first-order chi connectivity index (χ1) is 9.54. The Morgan fingerprint density at radius 1 is 1.35 bits per heavy atom. The van der Waals surface area contributed by atoms with Crippen LogP contribution in [-0.2, 0) is 0 Å². The summed E-state index contributed by atoms with van der Waals surface area (Å²) in [6.07, 6.45) is 5.30. The van der Waals surface area contributed by atoms with Gasteiger partial charge in [-0.05, 0) is 74.6 Å². The number of carbonyl (C=O) groups excluding carboxylic acids is 1. The third-order valence-corrected chi connectivity index (χ3v) is 5.23. The molecule has 0 radical (unpaired) electrons. The third-order valence-electron chi connectivity index (χ3n) is 5.23. The molecule has 0 heterocycles. The molecule has 0 aliphatic heterocycles. The van der Waals surface area contributed by atoms with Crippen molar-refractivity contribution in [2.24, 2.45) is 17.8 Å². The largest absolute Gasteiger partial charge is 0.349 e. The lowest BCUT2D eigenvalue weighted by molar-refractivity contribution is 0.0914. The van der Waals surface area contributed by atoms with Gasteiger partial charge in [-0.1, -0.05) is 6.42 Å². The minimum absolute atomic E-state index is 0.0715. The van der Waals surface area contributed by atoms with Crippen LogP contribution < -0.4 is 5.32 Å². The van der Waals surface area contributed by atoms with Crippen LogP contribution in [0.15, 0.2) is 18.2 Å². The molecule has 4 atom stereocenters. The Hall–Kier alpha value is -1.38. The Morgan fingerprint density at radius 3 is 2.75 bits per heavy atom. The molecule has 2 saturated carbocycles. The van der Waals surface area contributed by atoms with Crippen LogP contribution in [0.4, 0.5) is 4.39 Å². The zero-order valence-corrected chi connectivity index (χ0v) is 12.2. The van der Waals surface area contributed by atoms with Crippen molar-refractivity contribution in [1.82, 2.24) is 5.32 Å². The van der Waals surface area contributed by atoms with Gasteiger partial charge in [-0.3, -0.25) is 4.79 Å². The second-order valence-electron chi connectivity index (χ2n) is 6.56. The minimum atomic E-state index is -0.291. The maximum Gasteiger partial charge on any atom is 0.251 e. The highest BCUT2D eigenvalue weighted by molar-refractivity contribution is 5.95. The summed E-state index contributed by atoms with van der Waals surface area (Å²) in [5.41, 5.74) is 1.28. The standard InChI is InChI=1S/C17H22FNO/c1-10-7-14(18)5-6-15(10)17(20)19-11(2)16-9-12-3-4-13(16)8-12/h5-7,11-13,16H,3-4,8-9H2,1-2H3,(H,19,20). The summed E-state index contributed by atoms with van der Waals surface area (Å²) >= 11 is 0. The SMILES string of the molecule is Cc1cc(F)ccc1C(=O)NC(C)C1CC2CCC1C2. The Labute approximate surface area is 119 Å². The number of aryl methyl sites for hydroxylation is 1. The number of rotatable bonds is 3. The fourth-order valence-corrected chi connectivity index (χ4v) is 4.18. The monoisotopic (exact) mass is 275 g/mol. The van der Waals surface area contributed by atoms with Crippen molar-refractivity contribution in [2.45, 2.75) is 45.6 Å². The molecular formula is C17H22FNO. The topological polar surface area (TPSA) is 29.1 Å². The first kappa shape index (κ1) is 13.6. The van der Waals surface area contributed by atoms with E-state index < -0.39 is 0 Å². The lowest BCUT2D eigenvalue weighted by atomic mass is 9.84. The predicted molar refractivity (Wildman–Crippen MR) is 77.0 cm³/mol. The van der Waals surface area contributed by atoms with Crippen molar-refractivity contribution < 1.29 is 9.18 Å². The fourth-order valence-electron chi connectivity index (χ4n) is 4.18. The fraction of sp³-hybridized carbons (Fsp3) is 0.588. The molecule has 0 aromatic heterocycles. The zero-order valence-electron chi connectivity index (χ0n) is 12.2. The Bertz CT molecular complexity index is 528. The quantitative estimate of drug-likeness (QED) is 0.895. The summed E-state index contributed by atoms with van der Waals surface area (Å²) in [5.74, 6) is 1.94. The lowest BCUT2D eigenvalue weighted by Crippen LogP contribution is -2.40. The first-order valence-corrected chi connectivity index (χ1v) is 7.61. The van der Waals surface area contributed by atoms with Gasteiger partial charge in [-0.2, -0.15) is 0 Å². The number of hydrogen-bond acceptors (Lipinski definition) is 1. The minimum Gasteiger partial charge on any atom is -0.349 e. The maximum atomic E-state index is 13.1. The smallest absolute Gasteiger partial charge is 0.251 e. The van der Waals surface area contributed by atoms with Crippen LogP contribution in [0.2, 0.25) is 0 Å². The second kappa shape index (κ2) is 5.19. The average molecular weight is 275 g/mol. The normalized spacial score (nSPS) is 29.4. The van der Waals surface area contributed by atoms with Crippen molar-refractivity contribution in [2.75, 3.05) is 0 Å². The number of carbonyl (C=O) groups is 1. The molecule has 20 heavy (non-hydrogen) atoms. The van der Waals surface area contributed by atoms with Crippen molar-refractivity contribution >= 4 is 5.91 Å². The van der Waals surface area contributed by atoms with E-state index in [-0.39, 0.29) is 17.8 Å². The van der Waals surface area contributed by atoms with Gasteiger partial charge in [0.2, 0.25) is 0 Å². The van der Waals surface area contributed by atoms with E-state index in [9.17, 15) is 9.18 Å². The Morgan fingerprint density at radius 2 is 2.15 bits per heavy atom. The molecule has 3 rings (SSSR count). The highest BCUT2D eigenvalue weighted by Crippen LogP contribution is 2.49. The Balaban J connectivity index is 1.66. The van der Waals surface area contributed by atoms with Crippen LogP contribution >= 0.6 is 0 Å². The van der Waals surface area contributed by atoms with Crippen molar-refractivity contribution in [3.63, 3.8) is 0 Å². The summed E-state index contributed by atoms with van der Waals surface area (Å²) in [4.78, 5) is 12.3. The van der Waals surface area contributed by atoms with E-state index in [2.05, 4.69) is 12.2 Å². The molecule has 2 fully saturated rings. The molecule has 2 bridgehead atoms. The van der Waals surface area contributed by atoms with E-state index in [4.69, 9.17) is 0 Å². The van der Waals surface area contributed by atoms with Crippen LogP contribution in [0, 0.1) is 30.5 Å². The van der Waals surface area contributed by atoms with Crippen LogP contribution in [-0.4, -0.2) is 11.9 Å². The third kappa shape index (κ3) is 2.46. The highest BCUT2D eigenvalue weighted by atomic mass is 19.1. The molecule has 2 aliphatic carbocycles. The van der Waals surface area contributed by atoms with Gasteiger partial charge >= 0.3 is 0 Å². The summed E-state index contributed by atoms with van der Waals surface area (Å²) in [7, 11) is 0. The number of nitrogens with one attached hydrogen (secondary N) is 1.